The van der Waals surface area contributed by atoms with Gasteiger partial charge in [-0.05, 0) is 28.7 Å². The molecule has 2 N–H and O–H groups in total. The third-order valence-corrected chi connectivity index (χ3v) is 3.21. The first kappa shape index (κ1) is 14.1. The molecule has 1 heterocycles. The van der Waals surface area contributed by atoms with Crippen molar-refractivity contribution in [1.82, 2.24) is 4.98 Å². The number of hydrogen-bond acceptors (Lipinski definition) is 5. The van der Waals surface area contributed by atoms with Crippen LogP contribution in [0.2, 0.25) is 0 Å². The predicted octanol–water partition coefficient (Wildman–Crippen LogP) is 1.18. The van der Waals surface area contributed by atoms with Gasteiger partial charge in [-0.15, -0.1) is 0 Å². The minimum absolute atomic E-state index is 0.403. The molecular formula is C6H4F2IN3O4S. The van der Waals surface area contributed by atoms with Crippen LogP contribution in [0.5, 0.6) is 0 Å². The number of rotatable bonds is 3. The fraction of sp³-hybridized carbons (Fsp3) is 0.167. The zero-order valence-corrected chi connectivity index (χ0v) is 10.8. The highest BCUT2D eigenvalue weighted by atomic mass is 127. The minimum Gasteiger partial charge on any atom is -0.258 e. The van der Waals surface area contributed by atoms with Gasteiger partial charge in [-0.3, -0.25) is 10.1 Å². The lowest BCUT2D eigenvalue weighted by Gasteiger charge is -2.05. The van der Waals surface area contributed by atoms with Crippen molar-refractivity contribution in [3.63, 3.8) is 0 Å². The van der Waals surface area contributed by atoms with Gasteiger partial charge in [0.25, 0.3) is 16.4 Å². The SMILES string of the molecule is NS(=O)(=O)c1cc(C(F)F)c([N+](=O)[O-])c(I)n1. The van der Waals surface area contributed by atoms with Crippen molar-refractivity contribution in [3.05, 3.63) is 25.4 Å². The Bertz CT molecular complexity index is 577. The molecule has 7 nitrogen and oxygen atoms in total. The van der Waals surface area contributed by atoms with Gasteiger partial charge in [0.15, 0.2) is 8.73 Å². The number of alkyl halides is 2. The second kappa shape index (κ2) is 4.73. The number of pyridine rings is 1. The fourth-order valence-corrected chi connectivity index (χ4v) is 2.44. The molecule has 0 radical (unpaired) electrons. The number of hydrogen-bond donors (Lipinski definition) is 1. The topological polar surface area (TPSA) is 116 Å². The smallest absolute Gasteiger partial charge is 0.258 e. The zero-order chi connectivity index (χ0) is 13.4. The van der Waals surface area contributed by atoms with E-state index in [1.807, 2.05) is 0 Å². The van der Waals surface area contributed by atoms with Crippen LogP contribution in [0.4, 0.5) is 14.5 Å². The summed E-state index contributed by atoms with van der Waals surface area (Å²) in [6, 6.07) is 0.403. The van der Waals surface area contributed by atoms with Crippen molar-refractivity contribution >= 4 is 38.3 Å². The Morgan fingerprint density at radius 2 is 2.06 bits per heavy atom. The van der Waals surface area contributed by atoms with E-state index in [-0.39, 0.29) is 0 Å². The molecule has 0 saturated carbocycles. The molecule has 11 heteroatoms. The van der Waals surface area contributed by atoms with Crippen LogP contribution < -0.4 is 5.14 Å². The standard InChI is InChI=1S/C6H4F2IN3O4S/c7-5(8)2-1-3(17(10,15)16)11-6(9)4(2)12(13)14/h1,5H,(H2,10,15,16). The third kappa shape index (κ3) is 3.04. The van der Waals surface area contributed by atoms with E-state index in [1.54, 1.807) is 0 Å². The van der Waals surface area contributed by atoms with E-state index < -0.39 is 41.3 Å². The van der Waals surface area contributed by atoms with E-state index in [4.69, 9.17) is 5.14 Å². The molecule has 0 aliphatic carbocycles. The molecule has 0 aliphatic heterocycles. The highest BCUT2D eigenvalue weighted by molar-refractivity contribution is 14.1. The lowest BCUT2D eigenvalue weighted by Crippen LogP contribution is -2.16. The Morgan fingerprint density at radius 3 is 2.41 bits per heavy atom. The summed E-state index contributed by atoms with van der Waals surface area (Å²) in [6.45, 7) is 0. The summed E-state index contributed by atoms with van der Waals surface area (Å²) in [5.74, 6) is 0. The number of primary sulfonamides is 1. The van der Waals surface area contributed by atoms with Crippen molar-refractivity contribution in [2.24, 2.45) is 5.14 Å². The van der Waals surface area contributed by atoms with Crippen LogP contribution >= 0.6 is 22.6 Å². The summed E-state index contributed by atoms with van der Waals surface area (Å²) < 4.78 is 46.5. The quantitative estimate of drug-likeness (QED) is 0.366. The molecule has 1 aromatic heterocycles. The minimum atomic E-state index is -4.30. The molecule has 0 amide bonds. The van der Waals surface area contributed by atoms with E-state index >= 15 is 0 Å². The summed E-state index contributed by atoms with van der Waals surface area (Å²) in [6.07, 6.45) is -3.20. The molecule has 1 rings (SSSR count). The van der Waals surface area contributed by atoms with Crippen LogP contribution in [-0.2, 0) is 10.0 Å². The zero-order valence-electron chi connectivity index (χ0n) is 7.80. The molecule has 1 aromatic rings. The highest BCUT2D eigenvalue weighted by Gasteiger charge is 2.29. The van der Waals surface area contributed by atoms with Crippen LogP contribution in [0.25, 0.3) is 0 Å². The van der Waals surface area contributed by atoms with E-state index in [9.17, 15) is 27.3 Å². The van der Waals surface area contributed by atoms with Gasteiger partial charge in [-0.25, -0.2) is 27.3 Å². The Morgan fingerprint density at radius 1 is 1.53 bits per heavy atom. The fourth-order valence-electron chi connectivity index (χ4n) is 0.995. The number of sulfonamides is 1. The average molecular weight is 379 g/mol. The molecule has 94 valence electrons. The number of nitrogens with two attached hydrogens (primary N) is 1. The van der Waals surface area contributed by atoms with Gasteiger partial charge in [-0.1, -0.05) is 0 Å². The van der Waals surface area contributed by atoms with Crippen molar-refractivity contribution in [2.75, 3.05) is 0 Å². The first-order chi connectivity index (χ1) is 7.64. The van der Waals surface area contributed by atoms with Gasteiger partial charge in [-0.2, -0.15) is 0 Å². The first-order valence-corrected chi connectivity index (χ1v) is 6.43. The van der Waals surface area contributed by atoms with Crippen LogP contribution in [-0.4, -0.2) is 18.3 Å². The van der Waals surface area contributed by atoms with Crippen LogP contribution in [0.3, 0.4) is 0 Å². The molecule has 0 bridgehead atoms. The average Bonchev–Trinajstić information content (AvgIpc) is 2.13. The lowest BCUT2D eigenvalue weighted by atomic mass is 10.2. The summed E-state index contributed by atoms with van der Waals surface area (Å²) in [5.41, 5.74) is -1.95. The summed E-state index contributed by atoms with van der Waals surface area (Å²) in [5, 5.41) is 14.4. The lowest BCUT2D eigenvalue weighted by molar-refractivity contribution is -0.387. The maximum absolute atomic E-state index is 12.6. The molecule has 17 heavy (non-hydrogen) atoms. The van der Waals surface area contributed by atoms with Gasteiger partial charge in [0.1, 0.15) is 5.56 Å². The monoisotopic (exact) mass is 379 g/mol. The van der Waals surface area contributed by atoms with Crippen LogP contribution in [0.15, 0.2) is 11.1 Å². The Balaban J connectivity index is 3.64. The molecule has 0 aromatic carbocycles. The van der Waals surface area contributed by atoms with E-state index in [2.05, 4.69) is 4.98 Å². The summed E-state index contributed by atoms with van der Waals surface area (Å²) >= 11 is 1.29. The Hall–Kier alpha value is -0.950. The molecule has 0 saturated heterocycles. The second-order valence-corrected chi connectivity index (χ2v) is 5.32. The molecule has 0 spiro atoms. The number of nitrogens with zero attached hydrogens (tertiary/aromatic N) is 2. The highest BCUT2D eigenvalue weighted by Crippen LogP contribution is 2.33. The van der Waals surface area contributed by atoms with Crippen molar-refractivity contribution in [3.8, 4) is 0 Å². The first-order valence-electron chi connectivity index (χ1n) is 3.80. The van der Waals surface area contributed by atoms with Crippen molar-refractivity contribution < 1.29 is 22.1 Å². The molecular weight excluding hydrogens is 375 g/mol. The van der Waals surface area contributed by atoms with Gasteiger partial charge >= 0.3 is 5.69 Å². The van der Waals surface area contributed by atoms with Crippen molar-refractivity contribution in [2.45, 2.75) is 11.5 Å². The summed E-state index contributed by atoms with van der Waals surface area (Å²) in [4.78, 5) is 12.8. The van der Waals surface area contributed by atoms with Gasteiger partial charge < -0.3 is 0 Å². The molecule has 0 aliphatic rings. The third-order valence-electron chi connectivity index (χ3n) is 1.67. The van der Waals surface area contributed by atoms with E-state index in [0.29, 0.717) is 6.07 Å². The summed E-state index contributed by atoms with van der Waals surface area (Å²) in [7, 11) is -4.30. The predicted molar refractivity (Wildman–Crippen MR) is 59.9 cm³/mol. The maximum Gasteiger partial charge on any atom is 0.309 e. The number of halogens is 3. The van der Waals surface area contributed by atoms with E-state index in [0.717, 1.165) is 0 Å². The Kier molecular flexibility index (Phi) is 3.93. The van der Waals surface area contributed by atoms with Crippen molar-refractivity contribution in [1.29, 1.82) is 0 Å². The largest absolute Gasteiger partial charge is 0.309 e. The number of nitro groups is 1. The molecule has 0 fully saturated rings. The Labute approximate surface area is 107 Å². The van der Waals surface area contributed by atoms with E-state index in [1.165, 1.54) is 22.6 Å². The molecule has 0 unspecified atom stereocenters. The van der Waals surface area contributed by atoms with Gasteiger partial charge in [0.2, 0.25) is 0 Å². The number of aromatic nitrogens is 1. The normalized spacial score (nSPS) is 11.8. The second-order valence-electron chi connectivity index (χ2n) is 2.79. The van der Waals surface area contributed by atoms with Crippen LogP contribution in [0.1, 0.15) is 12.0 Å². The van der Waals surface area contributed by atoms with Gasteiger partial charge in [0, 0.05) is 0 Å². The molecule has 0 atom stereocenters. The van der Waals surface area contributed by atoms with Gasteiger partial charge in [0.05, 0.1) is 4.92 Å². The van der Waals surface area contributed by atoms with Crippen LogP contribution in [0, 0.1) is 13.8 Å². The maximum atomic E-state index is 12.6.